The van der Waals surface area contributed by atoms with Gasteiger partial charge in [-0.15, -0.1) is 0 Å². The highest BCUT2D eigenvalue weighted by Gasteiger charge is 2.32. The summed E-state index contributed by atoms with van der Waals surface area (Å²) < 4.78 is 39.4. The van der Waals surface area contributed by atoms with E-state index in [2.05, 4.69) is 10.3 Å². The molecule has 11 nitrogen and oxygen atoms in total. The fraction of sp³-hybridized carbons (Fsp3) is 0.361. The molecule has 1 heterocycles. The van der Waals surface area contributed by atoms with Crippen molar-refractivity contribution in [2.75, 3.05) is 27.2 Å². The lowest BCUT2D eigenvalue weighted by molar-refractivity contribution is 0.0775. The van der Waals surface area contributed by atoms with Crippen molar-refractivity contribution in [2.45, 2.75) is 57.7 Å². The van der Waals surface area contributed by atoms with Crippen LogP contribution in [-0.4, -0.2) is 78.9 Å². The van der Waals surface area contributed by atoms with E-state index in [1.807, 2.05) is 44.2 Å². The number of carbonyl (C=O) groups excluding carboxylic acids is 2. The summed E-state index contributed by atoms with van der Waals surface area (Å²) in [7, 11) is -0.851. The first-order valence-corrected chi connectivity index (χ1v) is 17.2. The van der Waals surface area contributed by atoms with Gasteiger partial charge in [-0.25, -0.2) is 13.4 Å². The molecule has 4 aromatic rings. The van der Waals surface area contributed by atoms with E-state index in [9.17, 15) is 23.1 Å². The van der Waals surface area contributed by atoms with Gasteiger partial charge in [0.15, 0.2) is 5.89 Å². The van der Waals surface area contributed by atoms with Crippen LogP contribution in [0.2, 0.25) is 0 Å². The number of nitrogens with zero attached hydrogens (tertiary/aromatic N) is 3. The van der Waals surface area contributed by atoms with Gasteiger partial charge in [0.25, 0.3) is 11.8 Å². The van der Waals surface area contributed by atoms with E-state index in [4.69, 9.17) is 9.15 Å². The second kappa shape index (κ2) is 16.1. The molecular weight excluding hydrogens is 632 g/mol. The SMILES string of the molecule is COc1ccc(S(=O)(=O)N(CC(C)C)C[C@@H](O)[C@H](Cc2ccccc2)NC(=O)c2cccc(C(=O)N(C)Cc3nc(C)oc3C)c2)cc1. The van der Waals surface area contributed by atoms with Crippen LogP contribution in [0.15, 0.2) is 88.2 Å². The van der Waals surface area contributed by atoms with Crippen molar-refractivity contribution < 1.29 is 32.3 Å². The number of ether oxygens (including phenoxy) is 1. The molecule has 2 amide bonds. The number of aliphatic hydroxyl groups excluding tert-OH is 1. The molecule has 0 unspecified atom stereocenters. The Morgan fingerprint density at radius 2 is 1.62 bits per heavy atom. The summed E-state index contributed by atoms with van der Waals surface area (Å²) in [6, 6.07) is 20.9. The molecule has 0 fully saturated rings. The topological polar surface area (TPSA) is 142 Å². The van der Waals surface area contributed by atoms with Crippen molar-refractivity contribution >= 4 is 21.8 Å². The Balaban J connectivity index is 1.56. The van der Waals surface area contributed by atoms with Gasteiger partial charge >= 0.3 is 0 Å². The minimum absolute atomic E-state index is 0.0389. The Morgan fingerprint density at radius 1 is 0.958 bits per heavy atom. The lowest BCUT2D eigenvalue weighted by atomic mass is 10.00. The Kier molecular flexibility index (Phi) is 12.1. The first kappa shape index (κ1) is 36.3. The van der Waals surface area contributed by atoms with Crippen molar-refractivity contribution in [3.8, 4) is 5.75 Å². The molecule has 2 N–H and O–H groups in total. The highest BCUT2D eigenvalue weighted by atomic mass is 32.2. The molecule has 0 spiro atoms. The largest absolute Gasteiger partial charge is 0.497 e. The van der Waals surface area contributed by atoms with Crippen LogP contribution in [0.5, 0.6) is 5.75 Å². The number of aryl methyl sites for hydroxylation is 2. The predicted octanol–water partition coefficient (Wildman–Crippen LogP) is 4.62. The third-order valence-electron chi connectivity index (χ3n) is 7.84. The van der Waals surface area contributed by atoms with E-state index < -0.39 is 28.1 Å². The van der Waals surface area contributed by atoms with Crippen LogP contribution in [0.4, 0.5) is 0 Å². The Labute approximate surface area is 282 Å². The first-order chi connectivity index (χ1) is 22.8. The molecule has 0 aliphatic heterocycles. The van der Waals surface area contributed by atoms with Crippen LogP contribution in [0.1, 0.15) is 57.5 Å². The molecule has 0 bridgehead atoms. The summed E-state index contributed by atoms with van der Waals surface area (Å²) in [6.07, 6.45) is -1.03. The zero-order valence-corrected chi connectivity index (χ0v) is 29.0. The highest BCUT2D eigenvalue weighted by molar-refractivity contribution is 7.89. The lowest BCUT2D eigenvalue weighted by Gasteiger charge is -2.31. The van der Waals surface area contributed by atoms with Gasteiger partial charge in [-0.2, -0.15) is 4.31 Å². The minimum atomic E-state index is -4.00. The summed E-state index contributed by atoms with van der Waals surface area (Å²) in [5.41, 5.74) is 2.02. The zero-order chi connectivity index (χ0) is 35.0. The number of methoxy groups -OCH3 is 1. The smallest absolute Gasteiger partial charge is 0.253 e. The molecule has 48 heavy (non-hydrogen) atoms. The van der Waals surface area contributed by atoms with E-state index >= 15 is 0 Å². The molecule has 2 atom stereocenters. The molecule has 12 heteroatoms. The van der Waals surface area contributed by atoms with E-state index in [-0.39, 0.29) is 48.3 Å². The van der Waals surface area contributed by atoms with E-state index in [0.29, 0.717) is 28.7 Å². The number of sulfonamides is 1. The van der Waals surface area contributed by atoms with Gasteiger partial charge in [0, 0.05) is 38.2 Å². The molecule has 256 valence electrons. The maximum Gasteiger partial charge on any atom is 0.253 e. The second-order valence-corrected chi connectivity index (χ2v) is 14.1. The molecule has 4 rings (SSSR count). The lowest BCUT2D eigenvalue weighted by Crippen LogP contribution is -2.51. The van der Waals surface area contributed by atoms with E-state index in [1.54, 1.807) is 51.2 Å². The number of amides is 2. The third kappa shape index (κ3) is 9.30. The summed E-state index contributed by atoms with van der Waals surface area (Å²) in [4.78, 5) is 32.9. The van der Waals surface area contributed by atoms with Crippen LogP contribution >= 0.6 is 0 Å². The molecule has 0 radical (unpaired) electrons. The monoisotopic (exact) mass is 676 g/mol. The predicted molar refractivity (Wildman–Crippen MR) is 182 cm³/mol. The number of benzene rings is 3. The number of hydrogen-bond donors (Lipinski definition) is 2. The van der Waals surface area contributed by atoms with E-state index in [1.165, 1.54) is 34.5 Å². The summed E-state index contributed by atoms with van der Waals surface area (Å²) >= 11 is 0. The number of aliphatic hydroxyl groups is 1. The van der Waals surface area contributed by atoms with Gasteiger partial charge in [-0.1, -0.05) is 50.2 Å². The first-order valence-electron chi connectivity index (χ1n) is 15.7. The van der Waals surface area contributed by atoms with Gasteiger partial charge in [0.2, 0.25) is 10.0 Å². The van der Waals surface area contributed by atoms with Crippen LogP contribution in [-0.2, 0) is 23.0 Å². The third-order valence-corrected chi connectivity index (χ3v) is 9.69. The average molecular weight is 677 g/mol. The van der Waals surface area contributed by atoms with Gasteiger partial charge in [-0.05, 0) is 67.3 Å². The van der Waals surface area contributed by atoms with Crippen molar-refractivity contribution in [1.82, 2.24) is 19.5 Å². The van der Waals surface area contributed by atoms with Crippen LogP contribution in [0.3, 0.4) is 0 Å². The van der Waals surface area contributed by atoms with Crippen molar-refractivity contribution in [3.05, 3.63) is 113 Å². The molecule has 0 aliphatic carbocycles. The normalized spacial score (nSPS) is 12.9. The minimum Gasteiger partial charge on any atom is -0.497 e. The van der Waals surface area contributed by atoms with Gasteiger partial charge in [0.1, 0.15) is 17.2 Å². The second-order valence-electron chi connectivity index (χ2n) is 12.2. The fourth-order valence-electron chi connectivity index (χ4n) is 5.34. The number of nitrogens with one attached hydrogen (secondary N) is 1. The van der Waals surface area contributed by atoms with Crippen LogP contribution in [0, 0.1) is 19.8 Å². The average Bonchev–Trinajstić information content (AvgIpc) is 3.39. The molecule has 1 aromatic heterocycles. The molecular formula is C36H44N4O7S. The van der Waals surface area contributed by atoms with Gasteiger partial charge in [0.05, 0.1) is 30.7 Å². The van der Waals surface area contributed by atoms with Gasteiger partial charge in [-0.3, -0.25) is 9.59 Å². The molecule has 3 aromatic carbocycles. The van der Waals surface area contributed by atoms with Gasteiger partial charge < -0.3 is 24.5 Å². The van der Waals surface area contributed by atoms with Crippen molar-refractivity contribution in [3.63, 3.8) is 0 Å². The van der Waals surface area contributed by atoms with Crippen LogP contribution < -0.4 is 10.1 Å². The fourth-order valence-corrected chi connectivity index (χ4v) is 6.96. The number of oxazole rings is 1. The maximum atomic E-state index is 13.8. The van der Waals surface area contributed by atoms with Crippen LogP contribution in [0.25, 0.3) is 0 Å². The van der Waals surface area contributed by atoms with E-state index in [0.717, 1.165) is 5.56 Å². The zero-order valence-electron chi connectivity index (χ0n) is 28.2. The summed E-state index contributed by atoms with van der Waals surface area (Å²) in [5.74, 6) is 0.810. The van der Waals surface area contributed by atoms with Crippen molar-refractivity contribution in [1.29, 1.82) is 0 Å². The van der Waals surface area contributed by atoms with Crippen molar-refractivity contribution in [2.24, 2.45) is 5.92 Å². The maximum absolute atomic E-state index is 13.8. The molecule has 0 aliphatic rings. The molecule has 0 saturated heterocycles. The summed E-state index contributed by atoms with van der Waals surface area (Å²) in [5, 5.41) is 14.5. The number of hydrogen-bond acceptors (Lipinski definition) is 8. The number of rotatable bonds is 15. The summed E-state index contributed by atoms with van der Waals surface area (Å²) in [6.45, 7) is 7.45. The quantitative estimate of drug-likeness (QED) is 0.186. The molecule has 0 saturated carbocycles. The Bertz CT molecular complexity index is 1790. The Morgan fingerprint density at radius 3 is 2.23 bits per heavy atom. The highest BCUT2D eigenvalue weighted by Crippen LogP contribution is 2.22. The number of aromatic nitrogens is 1. The standard InChI is InChI=1S/C36H44N4O7S/c1-24(2)21-40(48(44,45)31-17-15-30(46-6)16-18-31)23-34(41)32(19-27-11-8-7-9-12-27)38-35(42)28-13-10-14-29(20-28)36(43)39(5)22-33-25(3)47-26(4)37-33/h7-18,20,24,32,34,41H,19,21-23H2,1-6H3,(H,38,42)/t32-,34+/m0/s1. The Hall–Kier alpha value is -4.52. The number of carbonyl (C=O) groups is 2.